The van der Waals surface area contributed by atoms with E-state index in [-0.39, 0.29) is 11.3 Å². The zero-order valence-corrected chi connectivity index (χ0v) is 14.8. The van der Waals surface area contributed by atoms with E-state index in [4.69, 9.17) is 27.9 Å². The van der Waals surface area contributed by atoms with Crippen LogP contribution in [-0.4, -0.2) is 25.7 Å². The number of carbonyl (C=O) groups is 1. The zero-order chi connectivity index (χ0) is 16.3. The van der Waals surface area contributed by atoms with E-state index in [1.807, 2.05) is 6.07 Å². The number of carbonyl (C=O) groups excluding carboxylic acids is 1. The summed E-state index contributed by atoms with van der Waals surface area (Å²) in [6.45, 7) is 2.00. The monoisotopic (exact) mass is 369 g/mol. The fourth-order valence-electron chi connectivity index (χ4n) is 2.87. The van der Waals surface area contributed by atoms with Gasteiger partial charge in [0, 0.05) is 35.1 Å². The molecule has 1 fully saturated rings. The Kier molecular flexibility index (Phi) is 5.27. The average molecular weight is 370 g/mol. The first-order chi connectivity index (χ1) is 11.1. The van der Waals surface area contributed by atoms with Crippen molar-refractivity contribution in [1.29, 1.82) is 0 Å². The summed E-state index contributed by atoms with van der Waals surface area (Å²) < 4.78 is 5.50. The van der Waals surface area contributed by atoms with Crippen LogP contribution in [0.5, 0.6) is 0 Å². The second-order valence-electron chi connectivity index (χ2n) is 5.68. The molecule has 1 aromatic heterocycles. The van der Waals surface area contributed by atoms with E-state index >= 15 is 0 Å². The zero-order valence-electron chi connectivity index (χ0n) is 12.5. The molecule has 1 amide bonds. The highest BCUT2D eigenvalue weighted by atomic mass is 35.5. The number of benzene rings is 1. The van der Waals surface area contributed by atoms with Crippen molar-refractivity contribution in [3.05, 3.63) is 56.2 Å². The van der Waals surface area contributed by atoms with Gasteiger partial charge in [-0.1, -0.05) is 29.3 Å². The number of amides is 1. The van der Waals surface area contributed by atoms with Crippen LogP contribution in [0.3, 0.4) is 0 Å². The van der Waals surface area contributed by atoms with Gasteiger partial charge in [0.25, 0.3) is 5.91 Å². The molecule has 0 radical (unpaired) electrons. The number of ether oxygens (including phenoxy) is 1. The van der Waals surface area contributed by atoms with Gasteiger partial charge in [-0.05, 0) is 42.5 Å². The Hall–Kier alpha value is -1.07. The first kappa shape index (κ1) is 16.8. The van der Waals surface area contributed by atoms with Gasteiger partial charge in [-0.25, -0.2) is 0 Å². The molecule has 3 rings (SSSR count). The van der Waals surface area contributed by atoms with Crippen LogP contribution >= 0.6 is 34.5 Å². The maximum absolute atomic E-state index is 12.5. The lowest BCUT2D eigenvalue weighted by molar-refractivity contribution is 0.0499. The second kappa shape index (κ2) is 7.22. The standard InChI is InChI=1S/C17H17Cl2NO2S/c18-12-3-4-14(19)13(10-12)16(21)20-11-17(5-7-22-8-6-17)15-2-1-9-23-15/h1-4,9-10H,5-8,11H2,(H,20,21). The molecule has 1 aliphatic rings. The summed E-state index contributed by atoms with van der Waals surface area (Å²) in [7, 11) is 0. The fourth-order valence-corrected chi connectivity index (χ4v) is 4.23. The van der Waals surface area contributed by atoms with E-state index in [1.54, 1.807) is 29.5 Å². The quantitative estimate of drug-likeness (QED) is 0.859. The maximum Gasteiger partial charge on any atom is 0.252 e. The van der Waals surface area contributed by atoms with Gasteiger partial charge < -0.3 is 10.1 Å². The molecular weight excluding hydrogens is 353 g/mol. The summed E-state index contributed by atoms with van der Waals surface area (Å²) in [5.74, 6) is -0.195. The molecule has 1 N–H and O–H groups in total. The third-order valence-electron chi connectivity index (χ3n) is 4.25. The minimum atomic E-state index is -0.195. The molecule has 122 valence electrons. The van der Waals surface area contributed by atoms with Crippen molar-refractivity contribution in [2.75, 3.05) is 19.8 Å². The van der Waals surface area contributed by atoms with Crippen LogP contribution in [0.4, 0.5) is 0 Å². The van der Waals surface area contributed by atoms with Crippen molar-refractivity contribution in [2.24, 2.45) is 0 Å². The Bertz CT molecular complexity index is 682. The summed E-state index contributed by atoms with van der Waals surface area (Å²) in [5, 5.41) is 6.01. The van der Waals surface area contributed by atoms with Gasteiger partial charge in [0.1, 0.15) is 0 Å². The van der Waals surface area contributed by atoms with E-state index in [2.05, 4.69) is 16.8 Å². The van der Waals surface area contributed by atoms with Gasteiger partial charge in [0.2, 0.25) is 0 Å². The van der Waals surface area contributed by atoms with Crippen LogP contribution < -0.4 is 5.32 Å². The van der Waals surface area contributed by atoms with Gasteiger partial charge >= 0.3 is 0 Å². The molecule has 6 heteroatoms. The third kappa shape index (κ3) is 3.72. The largest absolute Gasteiger partial charge is 0.381 e. The van der Waals surface area contributed by atoms with Gasteiger partial charge in [0.15, 0.2) is 0 Å². The number of rotatable bonds is 4. The van der Waals surface area contributed by atoms with Gasteiger partial charge in [0.05, 0.1) is 10.6 Å². The van der Waals surface area contributed by atoms with Crippen LogP contribution in [0.25, 0.3) is 0 Å². The summed E-state index contributed by atoms with van der Waals surface area (Å²) in [6.07, 6.45) is 1.80. The van der Waals surface area contributed by atoms with Gasteiger partial charge in [-0.15, -0.1) is 11.3 Å². The van der Waals surface area contributed by atoms with Crippen molar-refractivity contribution < 1.29 is 9.53 Å². The minimum absolute atomic E-state index is 0.0624. The summed E-state index contributed by atoms with van der Waals surface area (Å²) in [5.41, 5.74) is 0.347. The number of thiophene rings is 1. The van der Waals surface area contributed by atoms with Crippen LogP contribution in [-0.2, 0) is 10.2 Å². The minimum Gasteiger partial charge on any atom is -0.381 e. The topological polar surface area (TPSA) is 38.3 Å². The Morgan fingerprint density at radius 1 is 1.26 bits per heavy atom. The van der Waals surface area contributed by atoms with Crippen molar-refractivity contribution >= 4 is 40.4 Å². The summed E-state index contributed by atoms with van der Waals surface area (Å²) in [6, 6.07) is 9.09. The van der Waals surface area contributed by atoms with Crippen molar-refractivity contribution in [2.45, 2.75) is 18.3 Å². The third-order valence-corrected chi connectivity index (χ3v) is 5.94. The predicted octanol–water partition coefficient (Wildman–Crippen LogP) is 4.53. The van der Waals surface area contributed by atoms with Crippen molar-refractivity contribution in [3.63, 3.8) is 0 Å². The van der Waals surface area contributed by atoms with E-state index in [0.29, 0.717) is 35.4 Å². The Morgan fingerprint density at radius 2 is 2.04 bits per heavy atom. The lowest BCUT2D eigenvalue weighted by Gasteiger charge is -2.36. The molecule has 0 spiro atoms. The molecule has 23 heavy (non-hydrogen) atoms. The number of halogens is 2. The molecule has 0 saturated carbocycles. The highest BCUT2D eigenvalue weighted by Crippen LogP contribution is 2.37. The van der Waals surface area contributed by atoms with E-state index in [0.717, 1.165) is 12.8 Å². The van der Waals surface area contributed by atoms with E-state index in [1.165, 1.54) is 4.88 Å². The second-order valence-corrected chi connectivity index (χ2v) is 7.47. The van der Waals surface area contributed by atoms with Crippen LogP contribution in [0, 0.1) is 0 Å². The van der Waals surface area contributed by atoms with E-state index in [9.17, 15) is 4.79 Å². The highest BCUT2D eigenvalue weighted by molar-refractivity contribution is 7.10. The Balaban J connectivity index is 1.77. The highest BCUT2D eigenvalue weighted by Gasteiger charge is 2.35. The fraction of sp³-hybridized carbons (Fsp3) is 0.353. The molecule has 0 unspecified atom stereocenters. The normalized spacial score (nSPS) is 17.0. The number of hydrogen-bond acceptors (Lipinski definition) is 3. The Labute approximate surface area is 149 Å². The lowest BCUT2D eigenvalue weighted by Crippen LogP contribution is -2.44. The number of nitrogens with one attached hydrogen (secondary N) is 1. The summed E-state index contributed by atoms with van der Waals surface area (Å²) in [4.78, 5) is 13.8. The van der Waals surface area contributed by atoms with Crippen LogP contribution in [0.15, 0.2) is 35.7 Å². The van der Waals surface area contributed by atoms with Gasteiger partial charge in [-0.2, -0.15) is 0 Å². The van der Waals surface area contributed by atoms with Gasteiger partial charge in [-0.3, -0.25) is 4.79 Å². The predicted molar refractivity (Wildman–Crippen MR) is 94.8 cm³/mol. The molecule has 0 atom stereocenters. The maximum atomic E-state index is 12.5. The Morgan fingerprint density at radius 3 is 2.74 bits per heavy atom. The average Bonchev–Trinajstić information content (AvgIpc) is 3.11. The molecular formula is C17H17Cl2NO2S. The van der Waals surface area contributed by atoms with Crippen molar-refractivity contribution in [3.8, 4) is 0 Å². The van der Waals surface area contributed by atoms with Crippen molar-refractivity contribution in [1.82, 2.24) is 5.32 Å². The van der Waals surface area contributed by atoms with Crippen LogP contribution in [0.2, 0.25) is 10.0 Å². The first-order valence-corrected chi connectivity index (χ1v) is 9.09. The number of hydrogen-bond donors (Lipinski definition) is 1. The first-order valence-electron chi connectivity index (χ1n) is 7.46. The summed E-state index contributed by atoms with van der Waals surface area (Å²) >= 11 is 13.8. The molecule has 0 bridgehead atoms. The SMILES string of the molecule is O=C(NCC1(c2cccs2)CCOCC1)c1cc(Cl)ccc1Cl. The molecule has 1 aromatic carbocycles. The molecule has 1 aliphatic heterocycles. The smallest absolute Gasteiger partial charge is 0.252 e. The molecule has 0 aliphatic carbocycles. The molecule has 2 aromatic rings. The molecule has 2 heterocycles. The van der Waals surface area contributed by atoms with Crippen LogP contribution in [0.1, 0.15) is 28.1 Å². The lowest BCUT2D eigenvalue weighted by atomic mass is 9.78. The van der Waals surface area contributed by atoms with E-state index < -0.39 is 0 Å². The molecule has 1 saturated heterocycles. The molecule has 3 nitrogen and oxygen atoms in total.